The highest BCUT2D eigenvalue weighted by molar-refractivity contribution is 5.26. The molecule has 0 saturated heterocycles. The lowest BCUT2D eigenvalue weighted by molar-refractivity contribution is 0.111. The van der Waals surface area contributed by atoms with E-state index in [2.05, 4.69) is 63.1 Å². The van der Waals surface area contributed by atoms with E-state index in [1.807, 2.05) is 13.1 Å². The van der Waals surface area contributed by atoms with Crippen molar-refractivity contribution in [2.45, 2.75) is 45.7 Å². The first-order valence-electron chi connectivity index (χ1n) is 7.22. The first kappa shape index (κ1) is 16.9. The van der Waals surface area contributed by atoms with Gasteiger partial charge in [-0.15, -0.1) is 0 Å². The minimum Gasteiger partial charge on any atom is -0.476 e. The Labute approximate surface area is 123 Å². The summed E-state index contributed by atoms with van der Waals surface area (Å²) < 4.78 is 5.93. The molecule has 0 aliphatic carbocycles. The average molecular weight is 279 g/mol. The topological polar surface area (TPSA) is 37.4 Å². The van der Waals surface area contributed by atoms with Crippen molar-refractivity contribution in [3.63, 3.8) is 0 Å². The van der Waals surface area contributed by atoms with Crippen molar-refractivity contribution in [1.82, 2.24) is 15.2 Å². The number of aromatic nitrogens is 1. The van der Waals surface area contributed by atoms with Crippen molar-refractivity contribution in [2.24, 2.45) is 0 Å². The van der Waals surface area contributed by atoms with Gasteiger partial charge in [0.25, 0.3) is 0 Å². The Hall–Kier alpha value is -1.13. The molecular formula is C16H29N3O. The Morgan fingerprint density at radius 3 is 2.45 bits per heavy atom. The largest absolute Gasteiger partial charge is 0.476 e. The van der Waals surface area contributed by atoms with E-state index in [-0.39, 0.29) is 5.54 Å². The summed E-state index contributed by atoms with van der Waals surface area (Å²) in [6.07, 6.45) is 0. The summed E-state index contributed by atoms with van der Waals surface area (Å²) >= 11 is 0. The molecule has 4 nitrogen and oxygen atoms in total. The highest BCUT2D eigenvalue weighted by Crippen LogP contribution is 2.20. The molecule has 0 amide bonds. The fourth-order valence-corrected chi connectivity index (χ4v) is 1.64. The molecule has 0 saturated carbocycles. The standard InChI is InChI=1S/C16H29N3O/c1-12(2)14-8-13(10-17-5)9-15(18-14)20-11-16(3,4)19(6)7/h8-9,12,17H,10-11H2,1-7H3. The molecule has 0 unspecified atom stereocenters. The van der Waals surface area contributed by atoms with E-state index in [1.54, 1.807) is 0 Å². The molecule has 0 spiro atoms. The Balaban J connectivity index is 2.88. The van der Waals surface area contributed by atoms with Crippen LogP contribution in [0, 0.1) is 0 Å². The molecule has 1 rings (SSSR count). The quantitative estimate of drug-likeness (QED) is 0.832. The zero-order chi connectivity index (χ0) is 15.3. The van der Waals surface area contributed by atoms with Crippen LogP contribution in [0.5, 0.6) is 5.88 Å². The number of ether oxygens (including phenoxy) is 1. The van der Waals surface area contributed by atoms with Gasteiger partial charge >= 0.3 is 0 Å². The molecule has 20 heavy (non-hydrogen) atoms. The van der Waals surface area contributed by atoms with Crippen molar-refractivity contribution in [3.8, 4) is 5.88 Å². The van der Waals surface area contributed by atoms with Crippen LogP contribution in [0.3, 0.4) is 0 Å². The minimum atomic E-state index is -0.0152. The molecular weight excluding hydrogens is 250 g/mol. The summed E-state index contributed by atoms with van der Waals surface area (Å²) in [5.41, 5.74) is 2.28. The van der Waals surface area contributed by atoms with E-state index in [1.165, 1.54) is 5.56 Å². The van der Waals surface area contributed by atoms with Crippen molar-refractivity contribution >= 4 is 0 Å². The predicted octanol–water partition coefficient (Wildman–Crippen LogP) is 2.64. The van der Waals surface area contributed by atoms with E-state index >= 15 is 0 Å². The maximum atomic E-state index is 5.93. The summed E-state index contributed by atoms with van der Waals surface area (Å²) in [5.74, 6) is 1.12. The van der Waals surface area contributed by atoms with E-state index in [4.69, 9.17) is 4.74 Å². The summed E-state index contributed by atoms with van der Waals surface area (Å²) in [6.45, 7) is 10.1. The van der Waals surface area contributed by atoms with Crippen molar-refractivity contribution in [1.29, 1.82) is 0 Å². The van der Waals surface area contributed by atoms with E-state index < -0.39 is 0 Å². The predicted molar refractivity (Wildman–Crippen MR) is 84.4 cm³/mol. The summed E-state index contributed by atoms with van der Waals surface area (Å²) in [4.78, 5) is 6.77. The van der Waals surface area contributed by atoms with E-state index in [0.717, 1.165) is 18.1 Å². The van der Waals surface area contributed by atoms with Crippen LogP contribution < -0.4 is 10.1 Å². The van der Waals surface area contributed by atoms with Crippen molar-refractivity contribution in [3.05, 3.63) is 23.4 Å². The van der Waals surface area contributed by atoms with Crippen LogP contribution >= 0.6 is 0 Å². The highest BCUT2D eigenvalue weighted by Gasteiger charge is 2.21. The van der Waals surface area contributed by atoms with Gasteiger partial charge in [-0.05, 0) is 52.5 Å². The zero-order valence-electron chi connectivity index (χ0n) is 13.9. The van der Waals surface area contributed by atoms with Crippen LogP contribution in [-0.2, 0) is 6.54 Å². The monoisotopic (exact) mass is 279 g/mol. The number of rotatable bonds is 7. The minimum absolute atomic E-state index is 0.0152. The molecule has 0 radical (unpaired) electrons. The first-order chi connectivity index (χ1) is 9.26. The van der Waals surface area contributed by atoms with Crippen LogP contribution in [0.25, 0.3) is 0 Å². The third-order valence-electron chi connectivity index (χ3n) is 3.64. The van der Waals surface area contributed by atoms with Gasteiger partial charge in [-0.2, -0.15) is 0 Å². The molecule has 4 heteroatoms. The molecule has 0 aliphatic rings. The number of pyridine rings is 1. The normalized spacial score (nSPS) is 12.2. The van der Waals surface area contributed by atoms with Gasteiger partial charge in [-0.25, -0.2) is 4.98 Å². The van der Waals surface area contributed by atoms with E-state index in [9.17, 15) is 0 Å². The summed E-state index contributed by atoms with van der Waals surface area (Å²) in [6, 6.07) is 4.17. The maximum Gasteiger partial charge on any atom is 0.213 e. The second kappa shape index (κ2) is 7.04. The van der Waals surface area contributed by atoms with Gasteiger partial charge in [0.15, 0.2) is 0 Å². The number of nitrogens with one attached hydrogen (secondary N) is 1. The maximum absolute atomic E-state index is 5.93. The first-order valence-corrected chi connectivity index (χ1v) is 7.22. The Bertz CT molecular complexity index is 428. The van der Waals surface area contributed by atoms with Crippen LogP contribution in [0.15, 0.2) is 12.1 Å². The lowest BCUT2D eigenvalue weighted by Gasteiger charge is -2.32. The van der Waals surface area contributed by atoms with Crippen LogP contribution in [0.2, 0.25) is 0 Å². The van der Waals surface area contributed by atoms with Crippen LogP contribution in [-0.4, -0.2) is 43.2 Å². The fraction of sp³-hybridized carbons (Fsp3) is 0.688. The second-order valence-corrected chi connectivity index (χ2v) is 6.42. The summed E-state index contributed by atoms with van der Waals surface area (Å²) in [7, 11) is 6.08. The number of nitrogens with zero attached hydrogens (tertiary/aromatic N) is 2. The third-order valence-corrected chi connectivity index (χ3v) is 3.64. The van der Waals surface area contributed by atoms with E-state index in [0.29, 0.717) is 12.5 Å². The second-order valence-electron chi connectivity index (χ2n) is 6.42. The molecule has 0 aliphatic heterocycles. The Kier molecular flexibility index (Phi) is 5.96. The number of hydrogen-bond acceptors (Lipinski definition) is 4. The molecule has 0 bridgehead atoms. The summed E-state index contributed by atoms with van der Waals surface area (Å²) in [5, 5.41) is 3.18. The Morgan fingerprint density at radius 1 is 1.30 bits per heavy atom. The molecule has 1 aromatic heterocycles. The van der Waals surface area contributed by atoms with Gasteiger partial charge in [0.2, 0.25) is 5.88 Å². The lowest BCUT2D eigenvalue weighted by atomic mass is 10.1. The number of hydrogen-bond donors (Lipinski definition) is 1. The molecule has 1 aromatic rings. The molecule has 1 N–H and O–H groups in total. The Morgan fingerprint density at radius 2 is 1.95 bits per heavy atom. The van der Waals surface area contributed by atoms with Crippen molar-refractivity contribution in [2.75, 3.05) is 27.7 Å². The number of likely N-dealkylation sites (N-methyl/N-ethyl adjacent to an activating group) is 1. The fourth-order valence-electron chi connectivity index (χ4n) is 1.64. The van der Waals surface area contributed by atoms with Gasteiger partial charge in [0, 0.05) is 23.8 Å². The average Bonchev–Trinajstić information content (AvgIpc) is 2.36. The van der Waals surface area contributed by atoms with Crippen molar-refractivity contribution < 1.29 is 4.74 Å². The third kappa shape index (κ3) is 4.76. The molecule has 0 fully saturated rings. The van der Waals surface area contributed by atoms with Gasteiger partial charge < -0.3 is 15.0 Å². The lowest BCUT2D eigenvalue weighted by Crippen LogP contribution is -2.43. The SMILES string of the molecule is CNCc1cc(OCC(C)(C)N(C)C)nc(C(C)C)c1. The van der Waals surface area contributed by atoms with Crippen LogP contribution in [0.1, 0.15) is 44.9 Å². The van der Waals surface area contributed by atoms with Gasteiger partial charge in [-0.3, -0.25) is 0 Å². The molecule has 114 valence electrons. The zero-order valence-corrected chi connectivity index (χ0v) is 13.9. The van der Waals surface area contributed by atoms with Crippen LogP contribution in [0.4, 0.5) is 0 Å². The van der Waals surface area contributed by atoms with Gasteiger partial charge in [0.05, 0.1) is 0 Å². The highest BCUT2D eigenvalue weighted by atomic mass is 16.5. The smallest absolute Gasteiger partial charge is 0.213 e. The molecule has 0 aromatic carbocycles. The van der Waals surface area contributed by atoms with Gasteiger partial charge in [-0.1, -0.05) is 13.8 Å². The molecule has 1 heterocycles. The van der Waals surface area contributed by atoms with Gasteiger partial charge in [0.1, 0.15) is 6.61 Å². The molecule has 0 atom stereocenters.